The first-order valence-corrected chi connectivity index (χ1v) is 16.5. The lowest BCUT2D eigenvalue weighted by Gasteiger charge is -2.24. The van der Waals surface area contributed by atoms with E-state index < -0.39 is 47.9 Å². The summed E-state index contributed by atoms with van der Waals surface area (Å²) in [5.74, 6) is -3.46. The number of ether oxygens (including phenoxy) is 2. The number of aliphatic carboxylic acids is 2. The number of halogens is 2. The summed E-state index contributed by atoms with van der Waals surface area (Å²) >= 11 is 0. The molecule has 1 aliphatic rings. The first-order valence-electron chi connectivity index (χ1n) is 16.5. The van der Waals surface area contributed by atoms with Gasteiger partial charge in [-0.15, -0.1) is 0 Å². The Bertz CT molecular complexity index is 1920. The lowest BCUT2D eigenvalue weighted by Crippen LogP contribution is -2.52. The van der Waals surface area contributed by atoms with Gasteiger partial charge < -0.3 is 29.9 Å². The van der Waals surface area contributed by atoms with Crippen LogP contribution < -0.4 is 20.1 Å². The van der Waals surface area contributed by atoms with Crippen LogP contribution >= 0.6 is 0 Å². The van der Waals surface area contributed by atoms with E-state index in [2.05, 4.69) is 10.6 Å². The topological polar surface area (TPSA) is 158 Å². The number of aliphatic hydroxyl groups is 2. The van der Waals surface area contributed by atoms with E-state index in [1.54, 1.807) is 12.1 Å². The molecule has 12 heteroatoms. The van der Waals surface area contributed by atoms with E-state index in [9.17, 15) is 34.4 Å². The van der Waals surface area contributed by atoms with E-state index in [-0.39, 0.29) is 37.3 Å². The van der Waals surface area contributed by atoms with Crippen molar-refractivity contribution in [1.29, 1.82) is 0 Å². The van der Waals surface area contributed by atoms with Gasteiger partial charge in [-0.05, 0) is 102 Å². The highest BCUT2D eigenvalue weighted by atomic mass is 19.1. The first kappa shape index (κ1) is 37.4. The van der Waals surface area contributed by atoms with Crippen molar-refractivity contribution in [2.24, 2.45) is 0 Å². The number of carboxylic acid groups (broad SMARTS) is 2. The summed E-state index contributed by atoms with van der Waals surface area (Å²) in [7, 11) is 0. The molecule has 0 heterocycles. The number of fused-ring (bicyclic) bond motifs is 1. The van der Waals surface area contributed by atoms with Gasteiger partial charge in [0, 0.05) is 13.1 Å². The van der Waals surface area contributed by atoms with E-state index in [1.165, 1.54) is 38.1 Å². The molecule has 0 fully saturated rings. The second-order valence-corrected chi connectivity index (χ2v) is 13.2. The second-order valence-electron chi connectivity index (χ2n) is 13.2. The molecule has 0 saturated heterocycles. The molecular weight excluding hydrogens is 662 g/mol. The highest BCUT2D eigenvalue weighted by Crippen LogP contribution is 2.41. The molecule has 10 nitrogen and oxygen atoms in total. The lowest BCUT2D eigenvalue weighted by molar-refractivity contribution is -0.146. The Morgan fingerprint density at radius 2 is 1.35 bits per heavy atom. The summed E-state index contributed by atoms with van der Waals surface area (Å²) < 4.78 is 42.2. The van der Waals surface area contributed by atoms with Gasteiger partial charge >= 0.3 is 11.9 Å². The molecular formula is C39H42F2N2O8. The predicted octanol–water partition coefficient (Wildman–Crippen LogP) is 5.44. The number of carbonyl (C=O) groups is 2. The summed E-state index contributed by atoms with van der Waals surface area (Å²) in [6.07, 6.45) is 0.980. The highest BCUT2D eigenvalue weighted by molar-refractivity contribution is 5.79. The Morgan fingerprint density at radius 3 is 1.90 bits per heavy atom. The Balaban J connectivity index is 1.27. The number of nitrogens with one attached hydrogen (secondary N) is 2. The maximum atomic E-state index is 15.2. The Kier molecular flexibility index (Phi) is 11.4. The molecule has 0 amide bonds. The van der Waals surface area contributed by atoms with Crippen LogP contribution in [0.4, 0.5) is 8.78 Å². The number of rotatable bonds is 16. The molecule has 1 aliphatic carbocycles. The summed E-state index contributed by atoms with van der Waals surface area (Å²) in [5, 5.41) is 43.0. The van der Waals surface area contributed by atoms with Crippen molar-refractivity contribution in [1.82, 2.24) is 10.6 Å². The molecule has 4 aromatic rings. The minimum Gasteiger partial charge on any atom is -0.486 e. The van der Waals surface area contributed by atoms with Crippen molar-refractivity contribution in [2.75, 3.05) is 13.2 Å². The van der Waals surface area contributed by atoms with E-state index in [4.69, 9.17) is 9.47 Å². The van der Waals surface area contributed by atoms with Crippen LogP contribution in [0.5, 0.6) is 11.5 Å². The van der Waals surface area contributed by atoms with Gasteiger partial charge in [0.15, 0.2) is 23.1 Å². The zero-order valence-corrected chi connectivity index (χ0v) is 28.6. The monoisotopic (exact) mass is 704 g/mol. The number of aliphatic hydroxyl groups excluding tert-OH is 2. The van der Waals surface area contributed by atoms with Crippen molar-refractivity contribution >= 4 is 11.9 Å². The molecule has 4 aromatic carbocycles. The molecule has 0 aliphatic heterocycles. The highest BCUT2D eigenvalue weighted by Gasteiger charge is 2.33. The van der Waals surface area contributed by atoms with Crippen molar-refractivity contribution < 1.29 is 48.3 Å². The molecule has 0 radical (unpaired) electrons. The maximum absolute atomic E-state index is 15.2. The summed E-state index contributed by atoms with van der Waals surface area (Å²) in [4.78, 5) is 22.9. The van der Waals surface area contributed by atoms with Gasteiger partial charge in [-0.25, -0.2) is 8.78 Å². The normalized spacial score (nSPS) is 16.2. The molecule has 0 saturated carbocycles. The Labute approximate surface area is 294 Å². The fraction of sp³-hybridized carbons (Fsp3) is 0.333. The second kappa shape index (κ2) is 15.6. The molecule has 270 valence electrons. The van der Waals surface area contributed by atoms with Gasteiger partial charge in [-0.3, -0.25) is 20.2 Å². The van der Waals surface area contributed by atoms with Crippen molar-refractivity contribution in [2.45, 2.75) is 70.5 Å². The van der Waals surface area contributed by atoms with Crippen molar-refractivity contribution in [3.8, 4) is 22.6 Å². The summed E-state index contributed by atoms with van der Waals surface area (Å²) in [5.41, 5.74) is 3.77. The van der Waals surface area contributed by atoms with Crippen molar-refractivity contribution in [3.05, 3.63) is 118 Å². The summed E-state index contributed by atoms with van der Waals surface area (Å²) in [6.45, 7) is 3.63. The van der Waals surface area contributed by atoms with Crippen molar-refractivity contribution in [3.63, 3.8) is 0 Å². The Morgan fingerprint density at radius 1 is 0.804 bits per heavy atom. The SMILES string of the molecule is Cc1c(COc2ccc(CN[C@@](C)(CO)C(=O)O)cc2F)cccc1-c1cccc2c1CCC2Oc1ccc(CNC(C)(CO)C(=O)O)cc1F. The standard InChI is InChI=1S/C39H42F2N2O8/c1-23-26(20-50-34-13-10-24(16-31(34)40)18-42-38(2,21-44)36(46)47)6-4-7-27(23)28-8-5-9-30-29(28)12-15-33(30)51-35-14-11-25(17-32(35)41)19-43-39(3,22-45)37(48)49/h4-11,13-14,16-17,33,42-45H,12,15,18-22H2,1-3H3,(H,46,47)(H,48,49)/t33?,38-,39?/m0/s1. The fourth-order valence-corrected chi connectivity index (χ4v) is 5.95. The zero-order chi connectivity index (χ0) is 36.9. The third-order valence-corrected chi connectivity index (χ3v) is 9.54. The molecule has 0 spiro atoms. The average molecular weight is 705 g/mol. The molecule has 0 aromatic heterocycles. The van der Waals surface area contributed by atoms with Gasteiger partial charge in [-0.2, -0.15) is 0 Å². The van der Waals surface area contributed by atoms with E-state index >= 15 is 4.39 Å². The van der Waals surface area contributed by atoms with E-state index in [0.29, 0.717) is 24.0 Å². The van der Waals surface area contributed by atoms with Crippen LogP contribution in [0.3, 0.4) is 0 Å². The van der Waals surface area contributed by atoms with Gasteiger partial charge in [0.1, 0.15) is 23.8 Å². The molecule has 3 atom stereocenters. The van der Waals surface area contributed by atoms with Crippen LogP contribution in [0.2, 0.25) is 0 Å². The quantitative estimate of drug-likeness (QED) is 0.0888. The molecule has 6 N–H and O–H groups in total. The van der Waals surface area contributed by atoms with E-state index in [1.807, 2.05) is 43.3 Å². The van der Waals surface area contributed by atoms with Gasteiger partial charge in [0.05, 0.1) is 13.2 Å². The van der Waals surface area contributed by atoms with Crippen LogP contribution in [-0.4, -0.2) is 56.7 Å². The third-order valence-electron chi connectivity index (χ3n) is 9.54. The lowest BCUT2D eigenvalue weighted by atomic mass is 9.91. The molecule has 2 unspecified atom stereocenters. The smallest absolute Gasteiger partial charge is 0.326 e. The minimum absolute atomic E-state index is 0.0375. The maximum Gasteiger partial charge on any atom is 0.326 e. The van der Waals surface area contributed by atoms with Gasteiger partial charge in [-0.1, -0.05) is 48.5 Å². The molecule has 0 bridgehead atoms. The van der Waals surface area contributed by atoms with Crippen LogP contribution in [-0.2, 0) is 35.7 Å². The first-order chi connectivity index (χ1) is 24.3. The van der Waals surface area contributed by atoms with Crippen LogP contribution in [0.25, 0.3) is 11.1 Å². The third kappa shape index (κ3) is 8.20. The zero-order valence-electron chi connectivity index (χ0n) is 28.6. The molecule has 5 rings (SSSR count). The average Bonchev–Trinajstić information content (AvgIpc) is 3.53. The number of benzene rings is 4. The predicted molar refractivity (Wildman–Crippen MR) is 185 cm³/mol. The minimum atomic E-state index is -1.55. The number of hydrogen-bond acceptors (Lipinski definition) is 8. The van der Waals surface area contributed by atoms with Crippen LogP contribution in [0, 0.1) is 18.6 Å². The summed E-state index contributed by atoms with van der Waals surface area (Å²) in [6, 6.07) is 20.7. The fourth-order valence-electron chi connectivity index (χ4n) is 5.95. The van der Waals surface area contributed by atoms with Crippen LogP contribution in [0.15, 0.2) is 72.8 Å². The Hall–Kier alpha value is -4.88. The van der Waals surface area contributed by atoms with Gasteiger partial charge in [0.25, 0.3) is 0 Å². The largest absolute Gasteiger partial charge is 0.486 e. The van der Waals surface area contributed by atoms with Gasteiger partial charge in [0.2, 0.25) is 0 Å². The number of hydrogen-bond donors (Lipinski definition) is 6. The molecule has 51 heavy (non-hydrogen) atoms. The number of carboxylic acids is 2. The van der Waals surface area contributed by atoms with Crippen LogP contribution in [0.1, 0.15) is 59.8 Å². The van der Waals surface area contributed by atoms with E-state index in [0.717, 1.165) is 33.4 Å².